The summed E-state index contributed by atoms with van der Waals surface area (Å²) in [5, 5.41) is 14.6. The van der Waals surface area contributed by atoms with Crippen LogP contribution in [0.4, 0.5) is 10.5 Å². The van der Waals surface area contributed by atoms with Gasteiger partial charge in [0, 0.05) is 18.8 Å². The maximum atomic E-state index is 12.2. The van der Waals surface area contributed by atoms with Crippen LogP contribution in [0.5, 0.6) is 0 Å². The predicted octanol–water partition coefficient (Wildman–Crippen LogP) is 2.14. The van der Waals surface area contributed by atoms with Crippen LogP contribution in [0.1, 0.15) is 30.4 Å². The summed E-state index contributed by atoms with van der Waals surface area (Å²) in [6, 6.07) is 5.06. The molecule has 1 saturated heterocycles. The molecule has 0 unspecified atom stereocenters. The highest BCUT2D eigenvalue weighted by molar-refractivity contribution is 6.02. The highest BCUT2D eigenvalue weighted by atomic mass is 16.4. The van der Waals surface area contributed by atoms with Gasteiger partial charge >= 0.3 is 12.0 Å². The van der Waals surface area contributed by atoms with E-state index in [9.17, 15) is 19.5 Å². The molecule has 1 aromatic rings. The van der Waals surface area contributed by atoms with Gasteiger partial charge in [0.2, 0.25) is 5.91 Å². The van der Waals surface area contributed by atoms with Crippen molar-refractivity contribution < 1.29 is 19.5 Å². The summed E-state index contributed by atoms with van der Waals surface area (Å²) in [5.41, 5.74) is 1.95. The summed E-state index contributed by atoms with van der Waals surface area (Å²) in [6.07, 6.45) is 2.48. The number of carboxylic acids is 1. The van der Waals surface area contributed by atoms with Crippen molar-refractivity contribution >= 4 is 23.6 Å². The van der Waals surface area contributed by atoms with E-state index in [0.717, 1.165) is 24.0 Å². The summed E-state index contributed by atoms with van der Waals surface area (Å²) in [6.45, 7) is 4.86. The number of carboxylic acid groups (broad SMARTS) is 1. The number of carbonyl (C=O) groups is 3. The van der Waals surface area contributed by atoms with Crippen molar-refractivity contribution in [1.82, 2.24) is 10.2 Å². The van der Waals surface area contributed by atoms with Gasteiger partial charge in [0.05, 0.1) is 12.0 Å². The van der Waals surface area contributed by atoms with Crippen LogP contribution in [0, 0.1) is 25.2 Å². The normalized spacial score (nSPS) is 24.9. The first-order chi connectivity index (χ1) is 12.3. The summed E-state index contributed by atoms with van der Waals surface area (Å²) in [7, 11) is 0. The van der Waals surface area contributed by atoms with Crippen LogP contribution in [-0.4, -0.2) is 47.5 Å². The Morgan fingerprint density at radius 2 is 2.08 bits per heavy atom. The summed E-state index contributed by atoms with van der Waals surface area (Å²) in [5.74, 6) is -1.10. The number of nitrogens with zero attached hydrogens (tertiary/aromatic N) is 1. The molecule has 1 aliphatic heterocycles. The molecule has 1 heterocycles. The lowest BCUT2D eigenvalue weighted by molar-refractivity contribution is -0.149. The van der Waals surface area contributed by atoms with Gasteiger partial charge in [-0.1, -0.05) is 24.1 Å². The fourth-order valence-electron chi connectivity index (χ4n) is 4.34. The number of hydrogen-bond acceptors (Lipinski definition) is 4. The Hall–Kier alpha value is -2.41. The van der Waals surface area contributed by atoms with E-state index in [1.54, 1.807) is 6.07 Å². The third-order valence-electron chi connectivity index (χ3n) is 5.62. The first-order valence-corrected chi connectivity index (χ1v) is 8.94. The van der Waals surface area contributed by atoms with Crippen LogP contribution in [0.25, 0.3) is 0 Å². The molecular formula is C19H25N3O4. The Balaban J connectivity index is 1.53. The van der Waals surface area contributed by atoms with Crippen LogP contribution < -0.4 is 10.6 Å². The standard InChI is InChI=1S/C19H25N3O4/c1-12-5-6-15(13(2)8-12)20-18(26)21-16(23)10-22-9-14-4-3-7-19(14,11-22)17(24)25/h5-6,8,14H,3-4,7,9-11H2,1-2H3,(H,24,25)(H2,20,21,23,26)/t14-,19+/m0/s1. The van der Waals surface area contributed by atoms with E-state index in [4.69, 9.17) is 0 Å². The number of aliphatic carboxylic acids is 1. The average molecular weight is 359 g/mol. The Labute approximate surface area is 152 Å². The van der Waals surface area contributed by atoms with E-state index in [2.05, 4.69) is 10.6 Å². The third-order valence-corrected chi connectivity index (χ3v) is 5.62. The Kier molecular flexibility index (Phi) is 5.00. The zero-order chi connectivity index (χ0) is 18.9. The molecule has 0 bridgehead atoms. The first-order valence-electron chi connectivity index (χ1n) is 8.94. The number of benzene rings is 1. The minimum Gasteiger partial charge on any atom is -0.481 e. The van der Waals surface area contributed by atoms with E-state index in [0.29, 0.717) is 25.2 Å². The van der Waals surface area contributed by atoms with E-state index in [1.165, 1.54) is 0 Å². The van der Waals surface area contributed by atoms with Crippen molar-refractivity contribution in [2.24, 2.45) is 11.3 Å². The number of imide groups is 1. The van der Waals surface area contributed by atoms with Gasteiger partial charge in [0.1, 0.15) is 0 Å². The smallest absolute Gasteiger partial charge is 0.325 e. The maximum Gasteiger partial charge on any atom is 0.325 e. The van der Waals surface area contributed by atoms with Gasteiger partial charge in [-0.05, 0) is 44.2 Å². The van der Waals surface area contributed by atoms with E-state index in [1.807, 2.05) is 30.9 Å². The van der Waals surface area contributed by atoms with E-state index >= 15 is 0 Å². The molecule has 7 nitrogen and oxygen atoms in total. The van der Waals surface area contributed by atoms with Crippen molar-refractivity contribution in [3.05, 3.63) is 29.3 Å². The van der Waals surface area contributed by atoms with Gasteiger partial charge in [0.25, 0.3) is 0 Å². The molecule has 0 aromatic heterocycles. The minimum atomic E-state index is -0.768. The zero-order valence-electron chi connectivity index (χ0n) is 15.2. The van der Waals surface area contributed by atoms with Crippen molar-refractivity contribution in [1.29, 1.82) is 0 Å². The highest BCUT2D eigenvalue weighted by Crippen LogP contribution is 2.48. The van der Waals surface area contributed by atoms with Crippen LogP contribution in [-0.2, 0) is 9.59 Å². The van der Waals surface area contributed by atoms with Gasteiger partial charge in [-0.25, -0.2) is 4.79 Å². The van der Waals surface area contributed by atoms with Gasteiger partial charge < -0.3 is 10.4 Å². The number of amides is 3. The highest BCUT2D eigenvalue weighted by Gasteiger charge is 2.54. The molecule has 0 spiro atoms. The fraction of sp³-hybridized carbons (Fsp3) is 0.526. The van der Waals surface area contributed by atoms with Gasteiger partial charge in [-0.15, -0.1) is 0 Å². The molecule has 2 aliphatic rings. The number of anilines is 1. The largest absolute Gasteiger partial charge is 0.481 e. The molecule has 26 heavy (non-hydrogen) atoms. The molecule has 3 rings (SSSR count). The molecular weight excluding hydrogens is 334 g/mol. The van der Waals surface area contributed by atoms with Gasteiger partial charge in [0.15, 0.2) is 0 Å². The van der Waals surface area contributed by atoms with Gasteiger partial charge in [-0.2, -0.15) is 0 Å². The number of nitrogens with one attached hydrogen (secondary N) is 2. The lowest BCUT2D eigenvalue weighted by atomic mass is 9.81. The van der Waals surface area contributed by atoms with Crippen LogP contribution >= 0.6 is 0 Å². The molecule has 1 saturated carbocycles. The molecule has 140 valence electrons. The number of carbonyl (C=O) groups excluding carboxylic acids is 2. The second kappa shape index (κ2) is 7.07. The number of hydrogen-bond donors (Lipinski definition) is 3. The molecule has 1 aromatic carbocycles. The van der Waals surface area contributed by atoms with E-state index < -0.39 is 23.3 Å². The molecule has 1 aliphatic carbocycles. The summed E-state index contributed by atoms with van der Waals surface area (Å²) in [4.78, 5) is 37.7. The van der Waals surface area contributed by atoms with Crippen LogP contribution in [0.15, 0.2) is 18.2 Å². The van der Waals surface area contributed by atoms with Crippen LogP contribution in [0.2, 0.25) is 0 Å². The van der Waals surface area contributed by atoms with Crippen molar-refractivity contribution in [3.8, 4) is 0 Å². The molecule has 3 amide bonds. The monoisotopic (exact) mass is 359 g/mol. The first kappa shape index (κ1) is 18.4. The quantitative estimate of drug-likeness (QED) is 0.765. The lowest BCUT2D eigenvalue weighted by Crippen LogP contribution is -2.42. The number of likely N-dealkylation sites (tertiary alicyclic amines) is 1. The number of rotatable bonds is 4. The number of urea groups is 1. The SMILES string of the molecule is Cc1ccc(NC(=O)NC(=O)CN2C[C@@H]3CCC[C@@]3(C(=O)O)C2)c(C)c1. The Morgan fingerprint density at radius 3 is 2.73 bits per heavy atom. The van der Waals surface area contributed by atoms with E-state index in [-0.39, 0.29) is 12.5 Å². The summed E-state index contributed by atoms with van der Waals surface area (Å²) >= 11 is 0. The molecule has 7 heteroatoms. The van der Waals surface area contributed by atoms with Gasteiger partial charge in [-0.3, -0.25) is 19.8 Å². The second-order valence-electron chi connectivity index (χ2n) is 7.54. The fourth-order valence-corrected chi connectivity index (χ4v) is 4.34. The van der Waals surface area contributed by atoms with Crippen LogP contribution in [0.3, 0.4) is 0 Å². The number of aryl methyl sites for hydroxylation is 2. The zero-order valence-corrected chi connectivity index (χ0v) is 15.2. The average Bonchev–Trinajstić information content (AvgIpc) is 3.07. The predicted molar refractivity (Wildman–Crippen MR) is 96.9 cm³/mol. The molecule has 3 N–H and O–H groups in total. The Morgan fingerprint density at radius 1 is 1.31 bits per heavy atom. The molecule has 2 atom stereocenters. The topological polar surface area (TPSA) is 98.7 Å². The summed E-state index contributed by atoms with van der Waals surface area (Å²) < 4.78 is 0. The van der Waals surface area contributed by atoms with Crippen molar-refractivity contribution in [3.63, 3.8) is 0 Å². The van der Waals surface area contributed by atoms with Crippen molar-refractivity contribution in [2.45, 2.75) is 33.1 Å². The minimum absolute atomic E-state index is 0.0336. The lowest BCUT2D eigenvalue weighted by Gasteiger charge is -2.23. The molecule has 2 fully saturated rings. The Bertz CT molecular complexity index is 748. The maximum absolute atomic E-state index is 12.2. The second-order valence-corrected chi connectivity index (χ2v) is 7.54. The van der Waals surface area contributed by atoms with Crippen molar-refractivity contribution in [2.75, 3.05) is 25.0 Å². The molecule has 0 radical (unpaired) electrons. The third kappa shape index (κ3) is 3.58. The number of fused-ring (bicyclic) bond motifs is 1.